The van der Waals surface area contributed by atoms with Crippen molar-refractivity contribution in [3.63, 3.8) is 0 Å². The minimum absolute atomic E-state index is 0.00235. The van der Waals surface area contributed by atoms with Crippen molar-refractivity contribution in [3.8, 4) is 0 Å². The van der Waals surface area contributed by atoms with E-state index in [4.69, 9.17) is 0 Å². The van der Waals surface area contributed by atoms with Gasteiger partial charge in [-0.05, 0) is 37.9 Å². The molecule has 1 aromatic heterocycles. The lowest BCUT2D eigenvalue weighted by Crippen LogP contribution is -2.40. The fourth-order valence-corrected chi connectivity index (χ4v) is 3.08. The third-order valence-electron chi connectivity index (χ3n) is 4.22. The van der Waals surface area contributed by atoms with Crippen molar-refractivity contribution < 1.29 is 0 Å². The lowest BCUT2D eigenvalue weighted by Gasteiger charge is -2.40. The van der Waals surface area contributed by atoms with E-state index in [1.165, 1.54) is 6.42 Å². The van der Waals surface area contributed by atoms with Gasteiger partial charge in [0.2, 0.25) is 0 Å². The average molecular weight is 281 g/mol. The summed E-state index contributed by atoms with van der Waals surface area (Å²) in [5.41, 5.74) is 1.11. The molecular formula is C14H23N3OS. The van der Waals surface area contributed by atoms with Gasteiger partial charge < -0.3 is 4.90 Å². The fraction of sp³-hybridized carbons (Fsp3) is 0.714. The molecular weight excluding hydrogens is 258 g/mol. The first-order valence-electron chi connectivity index (χ1n) is 7.07. The number of thiol groups is 1. The molecule has 1 fully saturated rings. The summed E-state index contributed by atoms with van der Waals surface area (Å²) < 4.78 is 1.60. The number of anilines is 1. The number of hydrogen-bond donors (Lipinski definition) is 1. The van der Waals surface area contributed by atoms with Gasteiger partial charge >= 0.3 is 0 Å². The van der Waals surface area contributed by atoms with Gasteiger partial charge in [-0.3, -0.25) is 4.79 Å². The smallest absolute Gasteiger partial charge is 0.268 e. The highest BCUT2D eigenvalue weighted by Crippen LogP contribution is 2.42. The van der Waals surface area contributed by atoms with Crippen LogP contribution in [0, 0.1) is 5.41 Å². The topological polar surface area (TPSA) is 38.1 Å². The van der Waals surface area contributed by atoms with Crippen LogP contribution in [-0.2, 0) is 6.54 Å². The van der Waals surface area contributed by atoms with Crippen LogP contribution in [0.15, 0.2) is 17.1 Å². The molecule has 1 saturated carbocycles. The first-order chi connectivity index (χ1) is 9.14. The van der Waals surface area contributed by atoms with E-state index in [-0.39, 0.29) is 11.0 Å². The molecule has 0 saturated heterocycles. The first-order valence-corrected chi connectivity index (χ1v) is 7.70. The molecule has 0 amide bonds. The summed E-state index contributed by atoms with van der Waals surface area (Å²) in [6.45, 7) is 6.65. The lowest BCUT2D eigenvalue weighted by molar-refractivity contribution is 0.130. The van der Waals surface area contributed by atoms with Gasteiger partial charge in [-0.15, -0.1) is 0 Å². The molecule has 1 aliphatic rings. The molecule has 1 aliphatic carbocycles. The van der Waals surface area contributed by atoms with Crippen LogP contribution in [0.2, 0.25) is 0 Å². The quantitative estimate of drug-likeness (QED) is 0.812. The van der Waals surface area contributed by atoms with Crippen LogP contribution in [0.25, 0.3) is 0 Å². The predicted octanol–water partition coefficient (Wildman–Crippen LogP) is 2.19. The van der Waals surface area contributed by atoms with Crippen LogP contribution in [0.3, 0.4) is 0 Å². The highest BCUT2D eigenvalue weighted by atomic mass is 32.1. The predicted molar refractivity (Wildman–Crippen MR) is 82.2 cm³/mol. The second-order valence-electron chi connectivity index (χ2n) is 5.39. The van der Waals surface area contributed by atoms with Crippen LogP contribution in [-0.4, -0.2) is 28.6 Å². The van der Waals surface area contributed by atoms with E-state index < -0.39 is 0 Å². The largest absolute Gasteiger partial charge is 0.371 e. The van der Waals surface area contributed by atoms with E-state index in [0.29, 0.717) is 6.54 Å². The molecule has 5 heteroatoms. The van der Waals surface area contributed by atoms with E-state index in [2.05, 4.69) is 36.5 Å². The molecule has 0 spiro atoms. The summed E-state index contributed by atoms with van der Waals surface area (Å²) >= 11 is 4.43. The van der Waals surface area contributed by atoms with Gasteiger partial charge in [-0.2, -0.15) is 17.7 Å². The SMILES string of the molecule is CCN(CC)c1cnn(CC2(CS)CCC2)c(=O)c1. The van der Waals surface area contributed by atoms with Crippen molar-refractivity contribution in [2.24, 2.45) is 5.41 Å². The molecule has 4 nitrogen and oxygen atoms in total. The summed E-state index contributed by atoms with van der Waals surface area (Å²) in [5, 5.41) is 4.34. The maximum atomic E-state index is 12.2. The Morgan fingerprint density at radius 3 is 2.53 bits per heavy atom. The zero-order chi connectivity index (χ0) is 13.9. The van der Waals surface area contributed by atoms with Crippen molar-refractivity contribution in [2.45, 2.75) is 39.7 Å². The second-order valence-corrected chi connectivity index (χ2v) is 5.71. The minimum atomic E-state index is -0.00235. The Balaban J connectivity index is 2.18. The maximum absolute atomic E-state index is 12.2. The Labute approximate surface area is 120 Å². The molecule has 106 valence electrons. The minimum Gasteiger partial charge on any atom is -0.371 e. The van der Waals surface area contributed by atoms with Crippen LogP contribution in [0.1, 0.15) is 33.1 Å². The van der Waals surface area contributed by atoms with Crippen molar-refractivity contribution in [2.75, 3.05) is 23.7 Å². The van der Waals surface area contributed by atoms with Crippen LogP contribution < -0.4 is 10.5 Å². The van der Waals surface area contributed by atoms with E-state index >= 15 is 0 Å². The van der Waals surface area contributed by atoms with Crippen molar-refractivity contribution in [3.05, 3.63) is 22.6 Å². The van der Waals surface area contributed by atoms with Gasteiger partial charge in [0.15, 0.2) is 0 Å². The summed E-state index contributed by atoms with van der Waals surface area (Å²) in [5.74, 6) is 0.832. The zero-order valence-electron chi connectivity index (χ0n) is 11.8. The van der Waals surface area contributed by atoms with Gasteiger partial charge in [-0.25, -0.2) is 4.68 Å². The number of aromatic nitrogens is 2. The Morgan fingerprint density at radius 1 is 1.42 bits per heavy atom. The van der Waals surface area contributed by atoms with Crippen molar-refractivity contribution in [1.29, 1.82) is 0 Å². The molecule has 2 rings (SSSR count). The molecule has 0 aliphatic heterocycles. The van der Waals surface area contributed by atoms with Gasteiger partial charge in [0.25, 0.3) is 5.56 Å². The summed E-state index contributed by atoms with van der Waals surface area (Å²) in [7, 11) is 0. The Morgan fingerprint density at radius 2 is 2.11 bits per heavy atom. The second kappa shape index (κ2) is 5.99. The van der Waals surface area contributed by atoms with Gasteiger partial charge in [-0.1, -0.05) is 6.42 Å². The Bertz CT molecular complexity index is 472. The fourth-order valence-electron chi connectivity index (χ4n) is 2.67. The highest BCUT2D eigenvalue weighted by molar-refractivity contribution is 7.80. The van der Waals surface area contributed by atoms with E-state index in [9.17, 15) is 4.79 Å². The van der Waals surface area contributed by atoms with Crippen molar-refractivity contribution in [1.82, 2.24) is 9.78 Å². The number of nitrogens with zero attached hydrogens (tertiary/aromatic N) is 3. The molecule has 0 unspecified atom stereocenters. The molecule has 0 atom stereocenters. The summed E-state index contributed by atoms with van der Waals surface area (Å²) in [6.07, 6.45) is 5.36. The summed E-state index contributed by atoms with van der Waals surface area (Å²) in [6, 6.07) is 1.70. The van der Waals surface area contributed by atoms with Gasteiger partial charge in [0, 0.05) is 19.2 Å². The third kappa shape index (κ3) is 2.96. The maximum Gasteiger partial charge on any atom is 0.268 e. The molecule has 19 heavy (non-hydrogen) atoms. The lowest BCUT2D eigenvalue weighted by atomic mass is 9.70. The molecule has 0 N–H and O–H groups in total. The Kier molecular flexibility index (Phi) is 4.55. The number of hydrogen-bond acceptors (Lipinski definition) is 4. The molecule has 0 aromatic carbocycles. The van der Waals surface area contributed by atoms with E-state index in [1.807, 2.05) is 0 Å². The molecule has 1 aromatic rings. The monoisotopic (exact) mass is 281 g/mol. The zero-order valence-corrected chi connectivity index (χ0v) is 12.7. The van der Waals surface area contributed by atoms with Crippen LogP contribution >= 0.6 is 12.6 Å². The number of rotatable bonds is 6. The summed E-state index contributed by atoms with van der Waals surface area (Å²) in [4.78, 5) is 14.3. The van der Waals surface area contributed by atoms with E-state index in [0.717, 1.165) is 37.4 Å². The molecule has 0 radical (unpaired) electrons. The first kappa shape index (κ1) is 14.4. The highest BCUT2D eigenvalue weighted by Gasteiger charge is 2.36. The Hall–Kier alpha value is -0.970. The van der Waals surface area contributed by atoms with Gasteiger partial charge in [0.05, 0.1) is 18.4 Å². The average Bonchev–Trinajstić information content (AvgIpc) is 2.37. The van der Waals surface area contributed by atoms with E-state index in [1.54, 1.807) is 16.9 Å². The van der Waals surface area contributed by atoms with Crippen LogP contribution in [0.4, 0.5) is 5.69 Å². The normalized spacial score (nSPS) is 17.0. The third-order valence-corrected chi connectivity index (χ3v) is 4.89. The van der Waals surface area contributed by atoms with Gasteiger partial charge in [0.1, 0.15) is 0 Å². The molecule has 0 bridgehead atoms. The van der Waals surface area contributed by atoms with Crippen LogP contribution in [0.5, 0.6) is 0 Å². The standard InChI is InChI=1S/C14H23N3OS/c1-3-16(4-2)12-8-13(18)17(15-9-12)10-14(11-19)6-5-7-14/h8-9,19H,3-7,10-11H2,1-2H3. The van der Waals surface area contributed by atoms with Crippen molar-refractivity contribution >= 4 is 18.3 Å². The molecule has 1 heterocycles.